The van der Waals surface area contributed by atoms with Gasteiger partial charge in [0.25, 0.3) is 0 Å². The van der Waals surface area contributed by atoms with Crippen LogP contribution in [0.5, 0.6) is 0 Å². The van der Waals surface area contributed by atoms with E-state index in [-0.39, 0.29) is 47.4 Å². The van der Waals surface area contributed by atoms with E-state index in [0.717, 1.165) is 44.4 Å². The van der Waals surface area contributed by atoms with E-state index in [1.807, 2.05) is 63.3 Å². The first-order chi connectivity index (χ1) is 26.0. The number of hydrogen-bond donors (Lipinski definition) is 2. The highest BCUT2D eigenvalue weighted by atomic mass is 32.2. The monoisotopic (exact) mass is 785 g/mol. The van der Waals surface area contributed by atoms with E-state index < -0.39 is 11.8 Å². The number of allylic oxidation sites excluding steroid dienone is 5. The molecule has 3 aromatic heterocycles. The second-order valence-electron chi connectivity index (χ2n) is 14.3. The van der Waals surface area contributed by atoms with Gasteiger partial charge >= 0.3 is 0 Å². The summed E-state index contributed by atoms with van der Waals surface area (Å²) in [7, 11) is 0. The van der Waals surface area contributed by atoms with Crippen LogP contribution in [-0.2, 0) is 19.2 Å². The highest BCUT2D eigenvalue weighted by Crippen LogP contribution is 2.52. The molecule has 54 heavy (non-hydrogen) atoms. The van der Waals surface area contributed by atoms with Gasteiger partial charge in [-0.3, -0.25) is 19.2 Å². The molecule has 7 aliphatic heterocycles. The van der Waals surface area contributed by atoms with E-state index in [0.29, 0.717) is 39.7 Å². The van der Waals surface area contributed by atoms with Crippen molar-refractivity contribution in [1.29, 1.82) is 0 Å². The van der Waals surface area contributed by atoms with Crippen LogP contribution >= 0.6 is 47.0 Å². The summed E-state index contributed by atoms with van der Waals surface area (Å²) in [5.41, 5.74) is 9.48. The molecule has 0 amide bonds. The molecule has 0 saturated carbocycles. The van der Waals surface area contributed by atoms with Crippen molar-refractivity contribution in [2.24, 2.45) is 11.8 Å². The fourth-order valence-electron chi connectivity index (χ4n) is 8.06. The average Bonchev–Trinajstić information content (AvgIpc) is 3.90. The van der Waals surface area contributed by atoms with Crippen LogP contribution in [0.1, 0.15) is 66.1 Å². The fraction of sp³-hybridized carbons (Fsp3) is 0.244. The Labute approximate surface area is 326 Å². The number of fused-ring (bicyclic) bond motifs is 11. The van der Waals surface area contributed by atoms with E-state index in [9.17, 15) is 19.2 Å². The molecule has 0 spiro atoms. The number of thioether (sulfide) groups is 4. The van der Waals surface area contributed by atoms with Gasteiger partial charge in [-0.05, 0) is 55.3 Å². The number of aromatic amines is 2. The Bertz CT molecular complexity index is 2660. The van der Waals surface area contributed by atoms with Crippen molar-refractivity contribution in [3.63, 3.8) is 0 Å². The van der Waals surface area contributed by atoms with E-state index in [4.69, 9.17) is 15.0 Å². The van der Waals surface area contributed by atoms with E-state index in [1.165, 1.54) is 47.0 Å². The molecule has 0 radical (unpaired) electrons. The van der Waals surface area contributed by atoms with Crippen molar-refractivity contribution >= 4 is 112 Å². The van der Waals surface area contributed by atoms with Crippen LogP contribution in [0.4, 0.5) is 0 Å². The molecule has 10 heterocycles. The molecule has 13 heteroatoms. The molecule has 0 fully saturated rings. The minimum Gasteiger partial charge on any atom is -0.355 e. The van der Waals surface area contributed by atoms with Crippen molar-refractivity contribution in [3.05, 3.63) is 113 Å². The molecule has 1 aliphatic carbocycles. The molecule has 3 aromatic rings. The lowest BCUT2D eigenvalue weighted by molar-refractivity contribution is -0.113. The molecular weight excluding hydrogens is 755 g/mol. The van der Waals surface area contributed by atoms with Crippen molar-refractivity contribution in [1.82, 2.24) is 24.9 Å². The first-order valence-electron chi connectivity index (χ1n) is 17.7. The van der Waals surface area contributed by atoms with Gasteiger partial charge in [-0.15, -0.1) is 0 Å². The van der Waals surface area contributed by atoms with Crippen LogP contribution in [-0.4, -0.2) is 61.1 Å². The van der Waals surface area contributed by atoms with Crippen molar-refractivity contribution in [2.45, 2.75) is 47.7 Å². The zero-order valence-corrected chi connectivity index (χ0v) is 32.5. The van der Waals surface area contributed by atoms with Gasteiger partial charge in [-0.1, -0.05) is 97.0 Å². The number of hydrogen-bond acceptors (Lipinski definition) is 11. The first kappa shape index (κ1) is 34.1. The Morgan fingerprint density at radius 1 is 0.593 bits per heavy atom. The lowest BCUT2D eigenvalue weighted by Gasteiger charge is -2.30. The zero-order chi connectivity index (χ0) is 37.2. The Kier molecular flexibility index (Phi) is 7.92. The van der Waals surface area contributed by atoms with Gasteiger partial charge in [0.15, 0.2) is 16.8 Å². The minimum atomic E-state index is -0.490. The van der Waals surface area contributed by atoms with E-state index >= 15 is 0 Å². The third-order valence-electron chi connectivity index (χ3n) is 10.7. The maximum Gasteiger partial charge on any atom is 0.220 e. The summed E-state index contributed by atoms with van der Waals surface area (Å²) in [4.78, 5) is 75.5. The number of H-pyrrole nitrogens is 2. The SMILES string of the molecule is C=C1C(=O)SC(C)C2=C1c1cc3cc(C4C=CC(C)SC4=O)c(cc4[nH]c(cc5nc(nc2n1)C1=C5C2C=CC1C(=O)S2)cc4C1C=CC(C)C(=O)S1)[nH]3. The molecular formula is C41H31N5O4S4. The quantitative estimate of drug-likeness (QED) is 0.191. The van der Waals surface area contributed by atoms with Gasteiger partial charge < -0.3 is 9.97 Å². The van der Waals surface area contributed by atoms with Crippen LogP contribution < -0.4 is 0 Å². The molecule has 0 aromatic carbocycles. The van der Waals surface area contributed by atoms with Gasteiger partial charge in [-0.2, -0.15) is 0 Å². The zero-order valence-electron chi connectivity index (χ0n) is 29.2. The highest BCUT2D eigenvalue weighted by molar-refractivity contribution is 8.15. The molecule has 8 aliphatic rings. The maximum absolute atomic E-state index is 13.6. The maximum atomic E-state index is 13.6. The molecule has 0 saturated heterocycles. The molecule has 9 nitrogen and oxygen atoms in total. The van der Waals surface area contributed by atoms with Gasteiger partial charge in [0, 0.05) is 66.4 Å². The highest BCUT2D eigenvalue weighted by Gasteiger charge is 2.44. The summed E-state index contributed by atoms with van der Waals surface area (Å²) >= 11 is 5.11. The number of carbonyl (C=O) groups is 4. The molecule has 2 N–H and O–H groups in total. The van der Waals surface area contributed by atoms with Crippen LogP contribution in [0.2, 0.25) is 0 Å². The summed E-state index contributed by atoms with van der Waals surface area (Å²) in [5, 5.41) is -0.532. The lowest BCUT2D eigenvalue weighted by Crippen LogP contribution is -2.26. The van der Waals surface area contributed by atoms with Crippen molar-refractivity contribution < 1.29 is 19.2 Å². The van der Waals surface area contributed by atoms with Crippen LogP contribution in [0, 0.1) is 11.8 Å². The summed E-state index contributed by atoms with van der Waals surface area (Å²) in [6.45, 7) is 10.1. The van der Waals surface area contributed by atoms with Crippen molar-refractivity contribution in [3.8, 4) is 0 Å². The number of rotatable bonds is 2. The fourth-order valence-corrected chi connectivity index (χ4v) is 12.0. The Morgan fingerprint density at radius 3 is 2.00 bits per heavy atom. The second kappa shape index (κ2) is 12.6. The minimum absolute atomic E-state index is 0.0548. The molecule has 11 rings (SSSR count). The van der Waals surface area contributed by atoms with E-state index in [1.54, 1.807) is 0 Å². The largest absolute Gasteiger partial charge is 0.355 e. The predicted molar refractivity (Wildman–Crippen MR) is 220 cm³/mol. The molecule has 10 bridgehead atoms. The van der Waals surface area contributed by atoms with Gasteiger partial charge in [0.05, 0.1) is 33.7 Å². The Balaban J connectivity index is 1.31. The summed E-state index contributed by atoms with van der Waals surface area (Å²) in [6, 6.07) is 9.92. The summed E-state index contributed by atoms with van der Waals surface area (Å²) in [6.07, 6.45) is 12.1. The predicted octanol–water partition coefficient (Wildman–Crippen LogP) is 8.39. The number of nitrogens with one attached hydrogen (secondary N) is 2. The second-order valence-corrected chi connectivity index (χ2v) is 19.3. The van der Waals surface area contributed by atoms with Gasteiger partial charge in [0.2, 0.25) is 15.3 Å². The number of carbonyl (C=O) groups excluding carboxylic acids is 4. The Morgan fingerprint density at radius 2 is 1.24 bits per heavy atom. The average molecular weight is 786 g/mol. The van der Waals surface area contributed by atoms with Crippen LogP contribution in [0.15, 0.2) is 78.9 Å². The van der Waals surface area contributed by atoms with Crippen LogP contribution in [0.25, 0.3) is 44.4 Å². The van der Waals surface area contributed by atoms with Gasteiger partial charge in [0.1, 0.15) is 0 Å². The third kappa shape index (κ3) is 5.37. The lowest BCUT2D eigenvalue weighted by atomic mass is 9.87. The van der Waals surface area contributed by atoms with Gasteiger partial charge in [-0.25, -0.2) is 15.0 Å². The van der Waals surface area contributed by atoms with E-state index in [2.05, 4.69) is 40.8 Å². The molecule has 7 unspecified atom stereocenters. The van der Waals surface area contributed by atoms with Crippen molar-refractivity contribution in [2.75, 3.05) is 0 Å². The molecule has 268 valence electrons. The number of nitrogens with zero attached hydrogens (tertiary/aromatic N) is 3. The standard InChI is InChI=1S/C41H31N5O4S4/c1-16-5-9-30(53-38(16)47)25-12-21-14-29-35-31-10-8-23(41(50)54-31)34(35)37(45-29)46-36-33-19(4)52-39(48)18(3)32(33)28(44-36)13-20-11-24(26(42-20)15-27(25)43-21)22-7-6-17(2)51-40(22)49/h5-17,19,22-23,30-31,42-43H,3H2,1-2,4H3. The number of aromatic nitrogens is 5. The topological polar surface area (TPSA) is 139 Å². The molecule has 7 atom stereocenters. The summed E-state index contributed by atoms with van der Waals surface area (Å²) in [5.74, 6) is -0.280. The first-order valence-corrected chi connectivity index (χ1v) is 21.2. The Hall–Kier alpha value is -4.43. The van der Waals surface area contributed by atoms with Crippen LogP contribution in [0.3, 0.4) is 0 Å². The normalized spacial score (nSPS) is 28.7. The third-order valence-corrected chi connectivity index (χ3v) is 15.2. The smallest absolute Gasteiger partial charge is 0.220 e. The summed E-state index contributed by atoms with van der Waals surface area (Å²) < 4.78 is 0.